The first kappa shape index (κ1) is 18.2. The predicted octanol–water partition coefficient (Wildman–Crippen LogP) is 3.52. The Kier molecular flexibility index (Phi) is 4.38. The van der Waals surface area contributed by atoms with Gasteiger partial charge in [-0.05, 0) is 48.3 Å². The summed E-state index contributed by atoms with van der Waals surface area (Å²) in [5, 5.41) is 10.5. The van der Waals surface area contributed by atoms with Crippen molar-refractivity contribution in [2.45, 2.75) is 58.6 Å². The van der Waals surface area contributed by atoms with Crippen molar-refractivity contribution in [2.75, 3.05) is 0 Å². The van der Waals surface area contributed by atoms with E-state index in [2.05, 4.69) is 32.9 Å². The number of aliphatic hydroxyl groups is 1. The van der Waals surface area contributed by atoms with E-state index < -0.39 is 0 Å². The van der Waals surface area contributed by atoms with E-state index in [1.807, 2.05) is 22.8 Å². The Morgan fingerprint density at radius 2 is 2.04 bits per heavy atom. The van der Waals surface area contributed by atoms with Crippen LogP contribution in [0.4, 0.5) is 0 Å². The van der Waals surface area contributed by atoms with Gasteiger partial charge >= 0.3 is 5.69 Å². The molecule has 0 spiro atoms. The van der Waals surface area contributed by atoms with Crippen molar-refractivity contribution >= 4 is 11.2 Å². The molecule has 0 bridgehead atoms. The van der Waals surface area contributed by atoms with Crippen LogP contribution in [-0.2, 0) is 13.6 Å². The Bertz CT molecular complexity index is 983. The maximum absolute atomic E-state index is 12.7. The Morgan fingerprint density at radius 3 is 2.70 bits per heavy atom. The quantitative estimate of drug-likeness (QED) is 0.899. The van der Waals surface area contributed by atoms with E-state index in [0.717, 1.165) is 41.7 Å². The van der Waals surface area contributed by atoms with E-state index in [4.69, 9.17) is 4.98 Å². The number of allylic oxidation sites excluding steroid dienone is 2. The molecule has 0 aromatic carbocycles. The van der Waals surface area contributed by atoms with Gasteiger partial charge in [-0.15, -0.1) is 0 Å². The third-order valence-electron chi connectivity index (χ3n) is 5.52. The Morgan fingerprint density at radius 1 is 1.30 bits per heavy atom. The summed E-state index contributed by atoms with van der Waals surface area (Å²) in [5.41, 5.74) is 3.57. The molecule has 2 heterocycles. The number of hydrogen-bond donors (Lipinski definition) is 1. The zero-order valence-electron chi connectivity index (χ0n) is 16.6. The van der Waals surface area contributed by atoms with Gasteiger partial charge in [0.2, 0.25) is 0 Å². The summed E-state index contributed by atoms with van der Waals surface area (Å²) in [7, 11) is 1.79. The molecule has 2 aliphatic carbocycles. The fourth-order valence-electron chi connectivity index (χ4n) is 3.92. The number of aryl methyl sites for hydroxylation is 1. The Hall–Kier alpha value is -2.14. The number of aromatic nitrogens is 3. The van der Waals surface area contributed by atoms with Gasteiger partial charge in [-0.1, -0.05) is 39.0 Å². The van der Waals surface area contributed by atoms with Gasteiger partial charge in [-0.3, -0.25) is 9.13 Å². The van der Waals surface area contributed by atoms with Crippen molar-refractivity contribution < 1.29 is 5.11 Å². The number of fused-ring (bicyclic) bond motifs is 1. The lowest BCUT2D eigenvalue weighted by Gasteiger charge is -2.20. The van der Waals surface area contributed by atoms with Crippen LogP contribution in [0.15, 0.2) is 40.7 Å². The van der Waals surface area contributed by atoms with Gasteiger partial charge in [0.15, 0.2) is 5.65 Å². The fraction of sp³-hybridized carbons (Fsp3) is 0.545. The van der Waals surface area contributed by atoms with Gasteiger partial charge in [0.05, 0.1) is 17.3 Å². The molecule has 4 rings (SSSR count). The average molecular weight is 367 g/mol. The summed E-state index contributed by atoms with van der Waals surface area (Å²) in [6.07, 6.45) is 9.08. The van der Waals surface area contributed by atoms with Crippen LogP contribution in [0.5, 0.6) is 0 Å². The minimum Gasteiger partial charge on any atom is -0.388 e. The van der Waals surface area contributed by atoms with E-state index in [1.165, 1.54) is 0 Å². The maximum Gasteiger partial charge on any atom is 0.330 e. The average Bonchev–Trinajstić information content (AvgIpc) is 3.45. The van der Waals surface area contributed by atoms with Gasteiger partial charge in [0.1, 0.15) is 0 Å². The zero-order valence-corrected chi connectivity index (χ0v) is 16.6. The molecule has 0 radical (unpaired) electrons. The molecule has 2 aromatic rings. The van der Waals surface area contributed by atoms with Crippen LogP contribution in [0.25, 0.3) is 11.2 Å². The van der Waals surface area contributed by atoms with Crippen molar-refractivity contribution in [3.8, 4) is 0 Å². The zero-order chi connectivity index (χ0) is 19.3. The molecule has 0 aliphatic heterocycles. The second kappa shape index (κ2) is 6.48. The van der Waals surface area contributed by atoms with Crippen LogP contribution in [0.1, 0.15) is 51.6 Å². The first-order chi connectivity index (χ1) is 12.7. The molecule has 5 nitrogen and oxygen atoms in total. The third-order valence-corrected chi connectivity index (χ3v) is 5.52. The molecule has 144 valence electrons. The van der Waals surface area contributed by atoms with Crippen molar-refractivity contribution in [1.29, 1.82) is 0 Å². The predicted molar refractivity (Wildman–Crippen MR) is 108 cm³/mol. The van der Waals surface area contributed by atoms with Crippen LogP contribution in [0.2, 0.25) is 0 Å². The summed E-state index contributed by atoms with van der Waals surface area (Å²) < 4.78 is 3.47. The van der Waals surface area contributed by atoms with Crippen LogP contribution in [-0.4, -0.2) is 25.3 Å². The minimum atomic E-state index is -0.356. The van der Waals surface area contributed by atoms with Gasteiger partial charge in [0, 0.05) is 19.5 Å². The summed E-state index contributed by atoms with van der Waals surface area (Å²) in [5.74, 6) is 0.561. The fourth-order valence-corrected chi connectivity index (χ4v) is 3.92. The third kappa shape index (κ3) is 3.53. The lowest BCUT2D eigenvalue weighted by Crippen LogP contribution is -2.27. The molecule has 1 saturated carbocycles. The molecule has 2 aliphatic rings. The minimum absolute atomic E-state index is 0.0154. The normalized spacial score (nSPS) is 21.5. The van der Waals surface area contributed by atoms with Gasteiger partial charge in [-0.2, -0.15) is 0 Å². The van der Waals surface area contributed by atoms with Crippen molar-refractivity contribution in [3.63, 3.8) is 0 Å². The molecule has 0 saturated heterocycles. The lowest BCUT2D eigenvalue weighted by atomic mass is 9.89. The molecule has 1 fully saturated rings. The van der Waals surface area contributed by atoms with Gasteiger partial charge in [0.25, 0.3) is 0 Å². The highest BCUT2D eigenvalue weighted by molar-refractivity contribution is 5.72. The summed E-state index contributed by atoms with van der Waals surface area (Å²) in [6.45, 7) is 7.05. The molecule has 2 unspecified atom stereocenters. The molecule has 2 atom stereocenters. The lowest BCUT2D eigenvalue weighted by molar-refractivity contribution is 0.190. The highest BCUT2D eigenvalue weighted by Crippen LogP contribution is 2.38. The number of hydrogen-bond acceptors (Lipinski definition) is 3. The largest absolute Gasteiger partial charge is 0.388 e. The number of nitrogens with zero attached hydrogens (tertiary/aromatic N) is 3. The SMILES string of the molecule is Cn1c(=O)n(CC(C)(C)C)c2ccc(C3C=C(C(O)C4CC4)C=CC3)nc21. The van der Waals surface area contributed by atoms with Crippen LogP contribution in [0, 0.1) is 11.3 Å². The van der Waals surface area contributed by atoms with Crippen molar-refractivity contribution in [2.24, 2.45) is 18.4 Å². The second-order valence-corrected chi connectivity index (χ2v) is 9.26. The van der Waals surface area contributed by atoms with Crippen molar-refractivity contribution in [1.82, 2.24) is 14.1 Å². The number of pyridine rings is 1. The highest BCUT2D eigenvalue weighted by Gasteiger charge is 2.32. The monoisotopic (exact) mass is 367 g/mol. The molecule has 27 heavy (non-hydrogen) atoms. The summed E-state index contributed by atoms with van der Waals surface area (Å²) >= 11 is 0. The Balaban J connectivity index is 1.71. The maximum atomic E-state index is 12.7. The van der Waals surface area contributed by atoms with E-state index in [9.17, 15) is 9.90 Å². The first-order valence-electron chi connectivity index (χ1n) is 9.87. The van der Waals surface area contributed by atoms with E-state index in [-0.39, 0.29) is 23.1 Å². The van der Waals surface area contributed by atoms with E-state index in [1.54, 1.807) is 11.6 Å². The summed E-state index contributed by atoms with van der Waals surface area (Å²) in [4.78, 5) is 17.6. The standard InChI is InChI=1S/C22H29N3O2/c1-22(2,3)13-25-18-11-10-17(23-20(18)24(4)21(25)27)15-6-5-7-16(12-15)19(26)14-8-9-14/h5,7,10-12,14-15,19,26H,6,8-9,13H2,1-4H3. The Labute approximate surface area is 160 Å². The molecule has 1 N–H and O–H groups in total. The highest BCUT2D eigenvalue weighted by atomic mass is 16.3. The van der Waals surface area contributed by atoms with Crippen LogP contribution in [0.3, 0.4) is 0 Å². The number of rotatable bonds is 4. The van der Waals surface area contributed by atoms with Gasteiger partial charge < -0.3 is 5.11 Å². The molecule has 0 amide bonds. The molecule has 5 heteroatoms. The second-order valence-electron chi connectivity index (χ2n) is 9.26. The van der Waals surface area contributed by atoms with Crippen molar-refractivity contribution in [3.05, 3.63) is 52.1 Å². The van der Waals surface area contributed by atoms with Crippen LogP contribution < -0.4 is 5.69 Å². The first-order valence-corrected chi connectivity index (χ1v) is 9.87. The number of imidazole rings is 1. The molecular formula is C22H29N3O2. The smallest absolute Gasteiger partial charge is 0.330 e. The summed E-state index contributed by atoms with van der Waals surface area (Å²) in [6, 6.07) is 4.05. The number of aliphatic hydroxyl groups excluding tert-OH is 1. The van der Waals surface area contributed by atoms with E-state index >= 15 is 0 Å². The van der Waals surface area contributed by atoms with E-state index in [0.29, 0.717) is 12.5 Å². The molecular weight excluding hydrogens is 338 g/mol. The van der Waals surface area contributed by atoms with Gasteiger partial charge in [-0.25, -0.2) is 9.78 Å². The topological polar surface area (TPSA) is 60.0 Å². The molecule has 2 aromatic heterocycles. The van der Waals surface area contributed by atoms with Crippen LogP contribution >= 0.6 is 0 Å².